The molecule has 2 N–H and O–H groups in total. The SMILES string of the molecule is COCCOCCOc1cccc(C2=NC(C(=O)O)CS2)c1O. The first-order valence-electron chi connectivity index (χ1n) is 7.08. The Labute approximate surface area is 138 Å². The Morgan fingerprint density at radius 2 is 2.13 bits per heavy atom. The zero-order valence-electron chi connectivity index (χ0n) is 12.7. The van der Waals surface area contributed by atoms with Crippen molar-refractivity contribution in [3.8, 4) is 11.5 Å². The van der Waals surface area contributed by atoms with Crippen LogP contribution in [0.3, 0.4) is 0 Å². The molecule has 0 amide bonds. The van der Waals surface area contributed by atoms with Crippen LogP contribution in [0.2, 0.25) is 0 Å². The van der Waals surface area contributed by atoms with Gasteiger partial charge in [0.1, 0.15) is 11.7 Å². The molecule has 7 nitrogen and oxygen atoms in total. The monoisotopic (exact) mass is 341 g/mol. The van der Waals surface area contributed by atoms with E-state index in [0.29, 0.717) is 41.9 Å². The average molecular weight is 341 g/mol. The molecule has 0 radical (unpaired) electrons. The summed E-state index contributed by atoms with van der Waals surface area (Å²) in [7, 11) is 1.60. The van der Waals surface area contributed by atoms with E-state index < -0.39 is 12.0 Å². The average Bonchev–Trinajstić information content (AvgIpc) is 3.02. The van der Waals surface area contributed by atoms with E-state index in [9.17, 15) is 9.90 Å². The van der Waals surface area contributed by atoms with Crippen molar-refractivity contribution in [2.45, 2.75) is 6.04 Å². The maximum absolute atomic E-state index is 10.9. The van der Waals surface area contributed by atoms with Gasteiger partial charge in [0.15, 0.2) is 17.5 Å². The number of phenolic OH excluding ortho intramolecular Hbond substituents is 1. The summed E-state index contributed by atoms with van der Waals surface area (Å²) in [6.45, 7) is 1.67. The van der Waals surface area contributed by atoms with Crippen molar-refractivity contribution in [2.75, 3.05) is 39.3 Å². The number of carboxylic acid groups (broad SMARTS) is 1. The number of para-hydroxylation sites is 1. The number of hydrogen-bond acceptors (Lipinski definition) is 7. The van der Waals surface area contributed by atoms with Crippen molar-refractivity contribution in [1.82, 2.24) is 0 Å². The second-order valence-corrected chi connectivity index (χ2v) is 5.71. The van der Waals surface area contributed by atoms with Crippen LogP contribution in [0.1, 0.15) is 5.56 Å². The summed E-state index contributed by atoms with van der Waals surface area (Å²) in [4.78, 5) is 15.1. The number of aliphatic imine (C=N–C) groups is 1. The van der Waals surface area contributed by atoms with Crippen LogP contribution < -0.4 is 4.74 Å². The molecule has 2 rings (SSSR count). The number of thioether (sulfide) groups is 1. The van der Waals surface area contributed by atoms with Gasteiger partial charge in [-0.15, -0.1) is 11.8 Å². The fourth-order valence-corrected chi connectivity index (χ4v) is 2.97. The van der Waals surface area contributed by atoms with Gasteiger partial charge in [-0.1, -0.05) is 6.07 Å². The summed E-state index contributed by atoms with van der Waals surface area (Å²) < 4.78 is 15.6. The third-order valence-electron chi connectivity index (χ3n) is 3.08. The molecule has 1 atom stereocenters. The number of phenols is 1. The minimum atomic E-state index is -0.965. The lowest BCUT2D eigenvalue weighted by Crippen LogP contribution is -2.17. The van der Waals surface area contributed by atoms with E-state index in [0.717, 1.165) is 0 Å². The molecule has 0 spiro atoms. The third kappa shape index (κ3) is 4.85. The van der Waals surface area contributed by atoms with E-state index in [1.165, 1.54) is 11.8 Å². The van der Waals surface area contributed by atoms with Crippen molar-refractivity contribution in [2.24, 2.45) is 4.99 Å². The molecular formula is C15H19NO6S. The number of ether oxygens (including phenoxy) is 3. The Balaban J connectivity index is 1.96. The lowest BCUT2D eigenvalue weighted by atomic mass is 10.2. The zero-order chi connectivity index (χ0) is 16.7. The molecule has 0 bridgehead atoms. The molecule has 1 aliphatic heterocycles. The van der Waals surface area contributed by atoms with Crippen LogP contribution in [-0.4, -0.2) is 66.6 Å². The Kier molecular flexibility index (Phi) is 6.69. The smallest absolute Gasteiger partial charge is 0.329 e. The molecule has 1 aromatic carbocycles. The summed E-state index contributed by atoms with van der Waals surface area (Å²) in [6, 6.07) is 4.29. The summed E-state index contributed by atoms with van der Waals surface area (Å²) in [6.07, 6.45) is 0. The Hall–Kier alpha value is -1.77. The molecule has 23 heavy (non-hydrogen) atoms. The van der Waals surface area contributed by atoms with E-state index in [1.54, 1.807) is 25.3 Å². The largest absolute Gasteiger partial charge is 0.504 e. The molecule has 8 heteroatoms. The molecule has 0 saturated heterocycles. The number of aliphatic carboxylic acids is 1. The molecule has 0 fully saturated rings. The Morgan fingerprint density at radius 3 is 2.83 bits per heavy atom. The highest BCUT2D eigenvalue weighted by Crippen LogP contribution is 2.35. The summed E-state index contributed by atoms with van der Waals surface area (Å²) in [5, 5.41) is 19.8. The second kappa shape index (κ2) is 8.76. The highest BCUT2D eigenvalue weighted by Gasteiger charge is 2.27. The van der Waals surface area contributed by atoms with Crippen molar-refractivity contribution in [3.05, 3.63) is 23.8 Å². The van der Waals surface area contributed by atoms with E-state index in [4.69, 9.17) is 19.3 Å². The topological polar surface area (TPSA) is 97.6 Å². The highest BCUT2D eigenvalue weighted by molar-refractivity contribution is 8.14. The number of methoxy groups -OCH3 is 1. The minimum Gasteiger partial charge on any atom is -0.504 e. The fourth-order valence-electron chi connectivity index (χ4n) is 1.91. The molecule has 1 aliphatic rings. The van der Waals surface area contributed by atoms with Crippen LogP contribution in [0, 0.1) is 0 Å². The van der Waals surface area contributed by atoms with E-state index in [-0.39, 0.29) is 12.4 Å². The van der Waals surface area contributed by atoms with Gasteiger partial charge in [-0.2, -0.15) is 0 Å². The first-order valence-corrected chi connectivity index (χ1v) is 8.07. The normalized spacial score (nSPS) is 17.1. The number of hydrogen-bond donors (Lipinski definition) is 2. The predicted octanol–water partition coefficient (Wildman–Crippen LogP) is 1.38. The molecule has 1 aromatic rings. The standard InChI is InChI=1S/C15H19NO6S/c1-20-5-6-21-7-8-22-12-4-2-3-10(13(12)17)14-16-11(9-23-14)15(18)19/h2-4,11,17H,5-9H2,1H3,(H,18,19). The molecule has 1 unspecified atom stereocenters. The van der Waals surface area contributed by atoms with Gasteiger partial charge in [-0.3, -0.25) is 4.99 Å². The Bertz CT molecular complexity index is 577. The van der Waals surface area contributed by atoms with Crippen LogP contribution in [0.5, 0.6) is 11.5 Å². The predicted molar refractivity (Wildman–Crippen MR) is 86.7 cm³/mol. The van der Waals surface area contributed by atoms with Gasteiger partial charge in [0.2, 0.25) is 0 Å². The molecule has 0 aliphatic carbocycles. The lowest BCUT2D eigenvalue weighted by Gasteiger charge is -2.11. The first kappa shape index (κ1) is 17.6. The summed E-state index contributed by atoms with van der Waals surface area (Å²) >= 11 is 1.31. The zero-order valence-corrected chi connectivity index (χ0v) is 13.5. The maximum atomic E-state index is 10.9. The van der Waals surface area contributed by atoms with Gasteiger partial charge in [-0.25, -0.2) is 4.79 Å². The fraction of sp³-hybridized carbons (Fsp3) is 0.467. The maximum Gasteiger partial charge on any atom is 0.329 e. The number of nitrogens with zero attached hydrogens (tertiary/aromatic N) is 1. The second-order valence-electron chi connectivity index (χ2n) is 4.71. The molecule has 126 valence electrons. The summed E-state index contributed by atoms with van der Waals surface area (Å²) in [5.74, 6) is -0.322. The Morgan fingerprint density at radius 1 is 1.35 bits per heavy atom. The highest BCUT2D eigenvalue weighted by atomic mass is 32.2. The van der Waals surface area contributed by atoms with E-state index in [1.807, 2.05) is 0 Å². The third-order valence-corrected chi connectivity index (χ3v) is 4.16. The summed E-state index contributed by atoms with van der Waals surface area (Å²) in [5.41, 5.74) is 0.483. The van der Waals surface area contributed by atoms with Crippen LogP contribution in [0.25, 0.3) is 0 Å². The van der Waals surface area contributed by atoms with E-state index >= 15 is 0 Å². The van der Waals surface area contributed by atoms with Crippen molar-refractivity contribution in [1.29, 1.82) is 0 Å². The van der Waals surface area contributed by atoms with Crippen molar-refractivity contribution in [3.63, 3.8) is 0 Å². The lowest BCUT2D eigenvalue weighted by molar-refractivity contribution is -0.137. The van der Waals surface area contributed by atoms with Gasteiger partial charge in [0.05, 0.1) is 25.4 Å². The van der Waals surface area contributed by atoms with Gasteiger partial charge in [-0.05, 0) is 12.1 Å². The van der Waals surface area contributed by atoms with Gasteiger partial charge < -0.3 is 24.4 Å². The number of benzene rings is 1. The quantitative estimate of drug-likeness (QED) is 0.655. The molecule has 0 saturated carbocycles. The van der Waals surface area contributed by atoms with Crippen molar-refractivity contribution < 1.29 is 29.2 Å². The van der Waals surface area contributed by atoms with Crippen LogP contribution in [0.15, 0.2) is 23.2 Å². The molecule has 1 heterocycles. The van der Waals surface area contributed by atoms with E-state index in [2.05, 4.69) is 4.99 Å². The van der Waals surface area contributed by atoms with Crippen LogP contribution in [-0.2, 0) is 14.3 Å². The molecule has 0 aromatic heterocycles. The van der Waals surface area contributed by atoms with Crippen LogP contribution >= 0.6 is 11.8 Å². The number of rotatable bonds is 9. The van der Waals surface area contributed by atoms with Gasteiger partial charge in [0, 0.05) is 12.9 Å². The first-order chi connectivity index (χ1) is 11.1. The van der Waals surface area contributed by atoms with Crippen LogP contribution in [0.4, 0.5) is 0 Å². The number of carboxylic acids is 1. The van der Waals surface area contributed by atoms with Gasteiger partial charge in [0.25, 0.3) is 0 Å². The van der Waals surface area contributed by atoms with Crippen molar-refractivity contribution >= 4 is 22.8 Å². The number of aromatic hydroxyl groups is 1. The minimum absolute atomic E-state index is 0.0401. The molecular weight excluding hydrogens is 322 g/mol. The van der Waals surface area contributed by atoms with Gasteiger partial charge >= 0.3 is 5.97 Å². The number of carbonyl (C=O) groups is 1.